The van der Waals surface area contributed by atoms with Gasteiger partial charge < -0.3 is 5.11 Å². The first kappa shape index (κ1) is 19.9. The Morgan fingerprint density at radius 1 is 1.14 bits per heavy atom. The number of phenolic OH excluding ortho intramolecular Hbond substituents is 1. The van der Waals surface area contributed by atoms with E-state index in [1.54, 1.807) is 36.4 Å². The van der Waals surface area contributed by atoms with E-state index < -0.39 is 6.04 Å². The average molecular weight is 417 g/mol. The van der Waals surface area contributed by atoms with Crippen molar-refractivity contribution in [1.29, 1.82) is 0 Å². The zero-order valence-electron chi connectivity index (χ0n) is 15.9. The molecule has 0 spiro atoms. The standard InChI is InChI=1S/C22H22ClFN2O3/c23-17-5-1-15(2-6-17)13-26-22(28)21(10-12-29-26)25-11-9-19(20(24)14-25)16-3-7-18(27)8-4-16/h1-8,21,27H,9-14H2. The van der Waals surface area contributed by atoms with Crippen molar-refractivity contribution in [3.8, 4) is 5.75 Å². The number of hydrogen-bond acceptors (Lipinski definition) is 4. The molecule has 1 N–H and O–H groups in total. The van der Waals surface area contributed by atoms with Crippen molar-refractivity contribution in [3.05, 3.63) is 70.5 Å². The Balaban J connectivity index is 1.45. The molecule has 2 aliphatic heterocycles. The van der Waals surface area contributed by atoms with Gasteiger partial charge in [-0.25, -0.2) is 9.45 Å². The fourth-order valence-electron chi connectivity index (χ4n) is 3.82. The zero-order valence-corrected chi connectivity index (χ0v) is 16.6. The molecule has 1 fully saturated rings. The van der Waals surface area contributed by atoms with Crippen LogP contribution in [0.1, 0.15) is 24.0 Å². The lowest BCUT2D eigenvalue weighted by molar-refractivity contribution is -0.211. The van der Waals surface area contributed by atoms with Gasteiger partial charge in [-0.3, -0.25) is 14.5 Å². The number of hydrogen-bond donors (Lipinski definition) is 1. The third-order valence-corrected chi connectivity index (χ3v) is 5.64. The molecule has 0 radical (unpaired) electrons. The molecule has 2 heterocycles. The predicted octanol–water partition coefficient (Wildman–Crippen LogP) is 4.16. The highest BCUT2D eigenvalue weighted by Gasteiger charge is 2.36. The quantitative estimate of drug-likeness (QED) is 0.813. The molecule has 1 atom stereocenters. The van der Waals surface area contributed by atoms with Gasteiger partial charge in [-0.15, -0.1) is 0 Å². The number of carbonyl (C=O) groups is 1. The van der Waals surface area contributed by atoms with Crippen molar-refractivity contribution in [2.45, 2.75) is 25.4 Å². The summed E-state index contributed by atoms with van der Waals surface area (Å²) in [6, 6.07) is 13.4. The van der Waals surface area contributed by atoms with E-state index in [4.69, 9.17) is 16.4 Å². The van der Waals surface area contributed by atoms with Crippen LogP contribution in [0.3, 0.4) is 0 Å². The summed E-state index contributed by atoms with van der Waals surface area (Å²) in [6.45, 7) is 1.43. The van der Waals surface area contributed by atoms with Gasteiger partial charge in [-0.2, -0.15) is 0 Å². The van der Waals surface area contributed by atoms with Gasteiger partial charge >= 0.3 is 0 Å². The smallest absolute Gasteiger partial charge is 0.263 e. The summed E-state index contributed by atoms with van der Waals surface area (Å²) in [6.07, 6.45) is 1.05. The molecule has 29 heavy (non-hydrogen) atoms. The maximum atomic E-state index is 14.9. The van der Waals surface area contributed by atoms with Crippen LogP contribution in [0.15, 0.2) is 54.4 Å². The van der Waals surface area contributed by atoms with Crippen LogP contribution in [0.5, 0.6) is 5.75 Å². The minimum Gasteiger partial charge on any atom is -0.508 e. The third kappa shape index (κ3) is 4.45. The zero-order chi connectivity index (χ0) is 20.4. The van der Waals surface area contributed by atoms with Crippen molar-refractivity contribution >= 4 is 23.1 Å². The molecular formula is C22H22ClFN2O3. The van der Waals surface area contributed by atoms with Crippen molar-refractivity contribution < 1.29 is 19.1 Å². The third-order valence-electron chi connectivity index (χ3n) is 5.38. The minimum atomic E-state index is -0.400. The van der Waals surface area contributed by atoms with Crippen molar-refractivity contribution in [1.82, 2.24) is 9.96 Å². The second kappa shape index (κ2) is 8.53. The Labute approximate surface area is 173 Å². The van der Waals surface area contributed by atoms with Crippen molar-refractivity contribution in [2.75, 3.05) is 19.7 Å². The van der Waals surface area contributed by atoms with Gasteiger partial charge in [-0.05, 0) is 53.8 Å². The predicted molar refractivity (Wildman–Crippen MR) is 109 cm³/mol. The highest BCUT2D eigenvalue weighted by Crippen LogP contribution is 2.31. The lowest BCUT2D eigenvalue weighted by atomic mass is 9.97. The fourth-order valence-corrected chi connectivity index (χ4v) is 3.95. The number of benzene rings is 2. The summed E-state index contributed by atoms with van der Waals surface area (Å²) in [5.74, 6) is -0.224. The first-order valence-corrected chi connectivity index (χ1v) is 9.99. The summed E-state index contributed by atoms with van der Waals surface area (Å²) < 4.78 is 14.9. The van der Waals surface area contributed by atoms with Crippen LogP contribution in [0, 0.1) is 0 Å². The number of hydroxylamine groups is 2. The SMILES string of the molecule is O=C1C(N2CCC(c3ccc(O)cc3)=C(F)C2)CCON1Cc1ccc(Cl)cc1. The second-order valence-corrected chi connectivity index (χ2v) is 7.73. The van der Waals surface area contributed by atoms with Crippen molar-refractivity contribution in [3.63, 3.8) is 0 Å². The van der Waals surface area contributed by atoms with E-state index >= 15 is 0 Å². The van der Waals surface area contributed by atoms with Gasteiger partial charge in [-0.1, -0.05) is 35.9 Å². The summed E-state index contributed by atoms with van der Waals surface area (Å²) in [4.78, 5) is 20.4. The van der Waals surface area contributed by atoms with Gasteiger partial charge in [0.05, 0.1) is 25.7 Å². The summed E-state index contributed by atoms with van der Waals surface area (Å²) in [5, 5.41) is 11.4. The molecule has 0 bridgehead atoms. The number of halogens is 2. The maximum absolute atomic E-state index is 14.9. The number of nitrogens with zero attached hydrogens (tertiary/aromatic N) is 2. The molecule has 152 valence electrons. The summed E-state index contributed by atoms with van der Waals surface area (Å²) >= 11 is 5.91. The number of rotatable bonds is 4. The monoisotopic (exact) mass is 416 g/mol. The van der Waals surface area contributed by atoms with Crippen LogP contribution >= 0.6 is 11.6 Å². The van der Waals surface area contributed by atoms with E-state index in [2.05, 4.69) is 0 Å². The van der Waals surface area contributed by atoms with Gasteiger partial charge in [0.15, 0.2) is 0 Å². The van der Waals surface area contributed by atoms with E-state index in [1.165, 1.54) is 5.06 Å². The van der Waals surface area contributed by atoms with E-state index in [0.29, 0.717) is 43.1 Å². The van der Waals surface area contributed by atoms with Crippen LogP contribution < -0.4 is 0 Å². The Kier molecular flexibility index (Phi) is 5.85. The molecular weight excluding hydrogens is 395 g/mol. The van der Waals surface area contributed by atoms with Crippen LogP contribution in [-0.2, 0) is 16.2 Å². The topological polar surface area (TPSA) is 53.0 Å². The molecule has 1 amide bonds. The highest BCUT2D eigenvalue weighted by molar-refractivity contribution is 6.30. The second-order valence-electron chi connectivity index (χ2n) is 7.29. The summed E-state index contributed by atoms with van der Waals surface area (Å²) in [7, 11) is 0. The van der Waals surface area contributed by atoms with Gasteiger partial charge in [0.2, 0.25) is 0 Å². The number of aromatic hydroxyl groups is 1. The van der Waals surface area contributed by atoms with E-state index in [-0.39, 0.29) is 24.0 Å². The summed E-state index contributed by atoms with van der Waals surface area (Å²) in [5.41, 5.74) is 2.32. The molecule has 2 aromatic rings. The lowest BCUT2D eigenvalue weighted by Crippen LogP contribution is -2.53. The molecule has 0 saturated carbocycles. The van der Waals surface area contributed by atoms with Crippen LogP contribution in [0.2, 0.25) is 5.02 Å². The Hall–Kier alpha value is -2.41. The lowest BCUT2D eigenvalue weighted by Gasteiger charge is -2.39. The molecule has 0 aromatic heterocycles. The van der Waals surface area contributed by atoms with Crippen LogP contribution in [0.4, 0.5) is 4.39 Å². The van der Waals surface area contributed by atoms with E-state index in [0.717, 1.165) is 11.1 Å². The number of phenols is 1. The highest BCUT2D eigenvalue weighted by atomic mass is 35.5. The van der Waals surface area contributed by atoms with Gasteiger partial charge in [0.1, 0.15) is 11.6 Å². The van der Waals surface area contributed by atoms with Gasteiger partial charge in [0, 0.05) is 11.6 Å². The number of amides is 1. The first-order valence-electron chi connectivity index (χ1n) is 9.61. The maximum Gasteiger partial charge on any atom is 0.263 e. The minimum absolute atomic E-state index is 0.0986. The molecule has 1 unspecified atom stereocenters. The fraction of sp³-hybridized carbons (Fsp3) is 0.318. The van der Waals surface area contributed by atoms with Crippen LogP contribution in [-0.4, -0.2) is 46.7 Å². The van der Waals surface area contributed by atoms with E-state index in [9.17, 15) is 14.3 Å². The molecule has 7 heteroatoms. The molecule has 5 nitrogen and oxygen atoms in total. The Morgan fingerprint density at radius 2 is 1.86 bits per heavy atom. The molecule has 2 aliphatic rings. The normalized spacial score (nSPS) is 21.0. The molecule has 1 saturated heterocycles. The Bertz CT molecular complexity index is 915. The molecule has 2 aromatic carbocycles. The van der Waals surface area contributed by atoms with Crippen molar-refractivity contribution in [2.24, 2.45) is 0 Å². The number of carbonyl (C=O) groups excluding carboxylic acids is 1. The first-order chi connectivity index (χ1) is 14.0. The molecule has 0 aliphatic carbocycles. The average Bonchev–Trinajstić information content (AvgIpc) is 2.72. The largest absolute Gasteiger partial charge is 0.508 e. The Morgan fingerprint density at radius 3 is 2.55 bits per heavy atom. The molecule has 4 rings (SSSR count). The van der Waals surface area contributed by atoms with Gasteiger partial charge in [0.25, 0.3) is 5.91 Å². The van der Waals surface area contributed by atoms with Crippen LogP contribution in [0.25, 0.3) is 5.57 Å². The van der Waals surface area contributed by atoms with E-state index in [1.807, 2.05) is 17.0 Å².